The standard InChI is InChI=1S/C14H16FN3O2S/c15-10-3-1-9(2-4-10)12-13(19)16-5-6-18(12)14(20)11-7-21-8-17-11/h1-4,11-12,17H,5-8H2,(H,16,19). The maximum absolute atomic E-state index is 13.1. The normalized spacial score (nSPS) is 25.8. The Hall–Kier alpha value is -1.60. The van der Waals surface area contributed by atoms with Gasteiger partial charge in [-0.3, -0.25) is 14.9 Å². The number of thioether (sulfide) groups is 1. The largest absolute Gasteiger partial charge is 0.352 e. The van der Waals surface area contributed by atoms with E-state index in [2.05, 4.69) is 10.6 Å². The molecule has 0 spiro atoms. The highest BCUT2D eigenvalue weighted by molar-refractivity contribution is 7.99. The molecule has 2 unspecified atom stereocenters. The summed E-state index contributed by atoms with van der Waals surface area (Å²) < 4.78 is 13.1. The highest BCUT2D eigenvalue weighted by Crippen LogP contribution is 2.25. The van der Waals surface area contributed by atoms with Gasteiger partial charge in [0.25, 0.3) is 0 Å². The van der Waals surface area contributed by atoms with Crippen molar-refractivity contribution in [3.8, 4) is 0 Å². The molecule has 21 heavy (non-hydrogen) atoms. The van der Waals surface area contributed by atoms with Crippen LogP contribution < -0.4 is 10.6 Å². The molecule has 2 heterocycles. The average Bonchev–Trinajstić information content (AvgIpc) is 3.02. The number of rotatable bonds is 2. The molecule has 0 aromatic heterocycles. The molecule has 3 rings (SSSR count). The van der Waals surface area contributed by atoms with E-state index in [1.807, 2.05) is 0 Å². The van der Waals surface area contributed by atoms with Crippen molar-refractivity contribution in [1.29, 1.82) is 0 Å². The molecule has 0 radical (unpaired) electrons. The molecule has 1 aromatic rings. The summed E-state index contributed by atoms with van der Waals surface area (Å²) in [6.45, 7) is 0.914. The van der Waals surface area contributed by atoms with Crippen LogP contribution in [0.3, 0.4) is 0 Å². The maximum atomic E-state index is 13.1. The van der Waals surface area contributed by atoms with Gasteiger partial charge in [0.2, 0.25) is 11.8 Å². The van der Waals surface area contributed by atoms with Gasteiger partial charge in [0, 0.05) is 24.7 Å². The Bertz CT molecular complexity index is 546. The fraction of sp³-hybridized carbons (Fsp3) is 0.429. The van der Waals surface area contributed by atoms with E-state index in [-0.39, 0.29) is 23.7 Å². The Morgan fingerprint density at radius 2 is 2.10 bits per heavy atom. The number of piperazine rings is 1. The van der Waals surface area contributed by atoms with Gasteiger partial charge >= 0.3 is 0 Å². The molecule has 2 atom stereocenters. The first-order valence-corrected chi connectivity index (χ1v) is 7.97. The third-order valence-electron chi connectivity index (χ3n) is 3.70. The molecule has 2 aliphatic heterocycles. The van der Waals surface area contributed by atoms with Gasteiger partial charge in [-0.1, -0.05) is 12.1 Å². The van der Waals surface area contributed by atoms with Crippen LogP contribution in [0.4, 0.5) is 4.39 Å². The lowest BCUT2D eigenvalue weighted by Gasteiger charge is -2.36. The maximum Gasteiger partial charge on any atom is 0.247 e. The van der Waals surface area contributed by atoms with Gasteiger partial charge < -0.3 is 10.2 Å². The molecule has 112 valence electrons. The topological polar surface area (TPSA) is 61.4 Å². The van der Waals surface area contributed by atoms with E-state index in [0.717, 1.165) is 5.88 Å². The highest BCUT2D eigenvalue weighted by atomic mass is 32.2. The molecule has 0 saturated carbocycles. The Morgan fingerprint density at radius 1 is 1.33 bits per heavy atom. The monoisotopic (exact) mass is 309 g/mol. The van der Waals surface area contributed by atoms with E-state index >= 15 is 0 Å². The molecule has 0 bridgehead atoms. The molecule has 5 nitrogen and oxygen atoms in total. The van der Waals surface area contributed by atoms with Crippen molar-refractivity contribution in [3.63, 3.8) is 0 Å². The zero-order valence-electron chi connectivity index (χ0n) is 11.3. The van der Waals surface area contributed by atoms with Gasteiger partial charge in [0.15, 0.2) is 0 Å². The highest BCUT2D eigenvalue weighted by Gasteiger charge is 2.38. The van der Waals surface area contributed by atoms with Gasteiger partial charge in [-0.25, -0.2) is 4.39 Å². The summed E-state index contributed by atoms with van der Waals surface area (Å²) in [7, 11) is 0. The second-order valence-electron chi connectivity index (χ2n) is 5.05. The van der Waals surface area contributed by atoms with Crippen molar-refractivity contribution in [2.75, 3.05) is 24.7 Å². The molecule has 0 aliphatic carbocycles. The van der Waals surface area contributed by atoms with Crippen LogP contribution in [0.5, 0.6) is 0 Å². The zero-order valence-corrected chi connectivity index (χ0v) is 12.2. The Balaban J connectivity index is 1.87. The molecular weight excluding hydrogens is 293 g/mol. The number of hydrogen-bond acceptors (Lipinski definition) is 4. The molecular formula is C14H16FN3O2S. The predicted octanol–water partition coefficient (Wildman–Crippen LogP) is 0.488. The molecule has 7 heteroatoms. The van der Waals surface area contributed by atoms with Crippen LogP contribution in [0.1, 0.15) is 11.6 Å². The van der Waals surface area contributed by atoms with Crippen LogP contribution >= 0.6 is 11.8 Å². The second kappa shape index (κ2) is 6.03. The minimum atomic E-state index is -0.681. The smallest absolute Gasteiger partial charge is 0.247 e. The van der Waals surface area contributed by atoms with E-state index in [1.165, 1.54) is 12.1 Å². The summed E-state index contributed by atoms with van der Waals surface area (Å²) in [6, 6.07) is 4.81. The molecule has 2 saturated heterocycles. The lowest BCUT2D eigenvalue weighted by Crippen LogP contribution is -2.56. The van der Waals surface area contributed by atoms with Crippen molar-refractivity contribution in [2.45, 2.75) is 12.1 Å². The third-order valence-corrected chi connectivity index (χ3v) is 4.64. The summed E-state index contributed by atoms with van der Waals surface area (Å²) in [5.41, 5.74) is 0.632. The summed E-state index contributed by atoms with van der Waals surface area (Å²) in [6.07, 6.45) is 0. The van der Waals surface area contributed by atoms with Crippen molar-refractivity contribution in [3.05, 3.63) is 35.6 Å². The minimum Gasteiger partial charge on any atom is -0.352 e. The number of nitrogens with one attached hydrogen (secondary N) is 2. The van der Waals surface area contributed by atoms with Gasteiger partial charge in [-0.2, -0.15) is 0 Å². The molecule has 2 N–H and O–H groups in total. The van der Waals surface area contributed by atoms with E-state index in [4.69, 9.17) is 0 Å². The number of hydrogen-bond donors (Lipinski definition) is 2. The minimum absolute atomic E-state index is 0.0656. The number of nitrogens with zero attached hydrogens (tertiary/aromatic N) is 1. The molecule has 2 amide bonds. The lowest BCUT2D eigenvalue weighted by atomic mass is 10.0. The van der Waals surface area contributed by atoms with E-state index in [1.54, 1.807) is 28.8 Å². The van der Waals surface area contributed by atoms with Gasteiger partial charge in [-0.05, 0) is 17.7 Å². The van der Waals surface area contributed by atoms with Crippen LogP contribution in [0.2, 0.25) is 0 Å². The first kappa shape index (κ1) is 14.3. The van der Waals surface area contributed by atoms with E-state index < -0.39 is 6.04 Å². The Morgan fingerprint density at radius 3 is 2.76 bits per heavy atom. The molecule has 2 fully saturated rings. The van der Waals surface area contributed by atoms with Crippen molar-refractivity contribution >= 4 is 23.6 Å². The quantitative estimate of drug-likeness (QED) is 0.835. The fourth-order valence-electron chi connectivity index (χ4n) is 2.63. The number of carbonyl (C=O) groups excluding carboxylic acids is 2. The van der Waals surface area contributed by atoms with Crippen LogP contribution in [-0.2, 0) is 9.59 Å². The fourth-order valence-corrected chi connectivity index (χ4v) is 3.57. The predicted molar refractivity (Wildman–Crippen MR) is 78.1 cm³/mol. The lowest BCUT2D eigenvalue weighted by molar-refractivity contribution is -0.144. The molecule has 2 aliphatic rings. The van der Waals surface area contributed by atoms with Crippen LogP contribution in [0.15, 0.2) is 24.3 Å². The van der Waals surface area contributed by atoms with Gasteiger partial charge in [-0.15, -0.1) is 11.8 Å². The van der Waals surface area contributed by atoms with Crippen molar-refractivity contribution in [2.24, 2.45) is 0 Å². The summed E-state index contributed by atoms with van der Waals surface area (Å²) in [5.74, 6) is 0.822. The van der Waals surface area contributed by atoms with Crippen molar-refractivity contribution < 1.29 is 14.0 Å². The summed E-state index contributed by atoms with van der Waals surface area (Å²) in [5, 5.41) is 5.90. The third kappa shape index (κ3) is 2.89. The summed E-state index contributed by atoms with van der Waals surface area (Å²) in [4.78, 5) is 26.4. The van der Waals surface area contributed by atoms with Crippen LogP contribution in [-0.4, -0.2) is 47.5 Å². The van der Waals surface area contributed by atoms with E-state index in [0.29, 0.717) is 24.4 Å². The van der Waals surface area contributed by atoms with Gasteiger partial charge in [0.1, 0.15) is 11.9 Å². The number of amides is 2. The van der Waals surface area contributed by atoms with Crippen molar-refractivity contribution in [1.82, 2.24) is 15.5 Å². The van der Waals surface area contributed by atoms with Crippen LogP contribution in [0, 0.1) is 5.82 Å². The Labute approximate surface area is 126 Å². The summed E-state index contributed by atoms with van der Waals surface area (Å²) >= 11 is 1.67. The van der Waals surface area contributed by atoms with E-state index in [9.17, 15) is 14.0 Å². The Kier molecular flexibility index (Phi) is 4.12. The first-order chi connectivity index (χ1) is 10.2. The number of halogens is 1. The van der Waals surface area contributed by atoms with Crippen LogP contribution in [0.25, 0.3) is 0 Å². The zero-order chi connectivity index (χ0) is 14.8. The SMILES string of the molecule is O=C1NCCN(C(=O)C2CSCN2)C1c1ccc(F)cc1. The number of benzene rings is 1. The number of carbonyl (C=O) groups is 2. The van der Waals surface area contributed by atoms with Gasteiger partial charge in [0.05, 0.1) is 6.04 Å². The average molecular weight is 309 g/mol. The first-order valence-electron chi connectivity index (χ1n) is 6.81. The second-order valence-corrected chi connectivity index (χ2v) is 6.08. The molecule has 1 aromatic carbocycles.